The number of amides is 4. The van der Waals surface area contributed by atoms with Gasteiger partial charge in [0.25, 0.3) is 5.56 Å². The normalized spacial score (nSPS) is 16.2. The molecule has 1 unspecified atom stereocenters. The zero-order chi connectivity index (χ0) is 23.0. The lowest BCUT2D eigenvalue weighted by Gasteiger charge is -2.24. The SMILES string of the molecule is Cc1ccc(NC(=O)NCc2scc3nc(C)n(C4CCC(=O)NC4=O)c(=O)c23)cc1Cl. The molecular formula is C21H20ClN5O4S. The summed E-state index contributed by atoms with van der Waals surface area (Å²) in [5.74, 6) is -0.478. The molecule has 9 nitrogen and oxygen atoms in total. The molecule has 1 aliphatic heterocycles. The van der Waals surface area contributed by atoms with Crippen molar-refractivity contribution in [2.75, 3.05) is 5.32 Å². The van der Waals surface area contributed by atoms with E-state index in [2.05, 4.69) is 20.9 Å². The fraction of sp³-hybridized carbons (Fsp3) is 0.286. The number of fused-ring (bicyclic) bond motifs is 1. The molecule has 166 valence electrons. The zero-order valence-corrected chi connectivity index (χ0v) is 18.9. The number of benzene rings is 1. The third kappa shape index (κ3) is 4.23. The quantitative estimate of drug-likeness (QED) is 0.503. The van der Waals surface area contributed by atoms with Gasteiger partial charge in [-0.1, -0.05) is 17.7 Å². The average molecular weight is 474 g/mol. The van der Waals surface area contributed by atoms with Crippen LogP contribution in [0.5, 0.6) is 0 Å². The van der Waals surface area contributed by atoms with Crippen LogP contribution in [0, 0.1) is 13.8 Å². The Hall–Kier alpha value is -3.24. The lowest BCUT2D eigenvalue weighted by molar-refractivity contribution is -0.135. The molecular weight excluding hydrogens is 454 g/mol. The maximum Gasteiger partial charge on any atom is 0.319 e. The first-order valence-corrected chi connectivity index (χ1v) is 11.1. The third-order valence-corrected chi connectivity index (χ3v) is 6.65. The van der Waals surface area contributed by atoms with Crippen molar-refractivity contribution < 1.29 is 14.4 Å². The van der Waals surface area contributed by atoms with E-state index in [9.17, 15) is 19.2 Å². The maximum atomic E-state index is 13.3. The minimum Gasteiger partial charge on any atom is -0.333 e. The Bertz CT molecular complexity index is 1320. The van der Waals surface area contributed by atoms with Crippen molar-refractivity contribution in [3.8, 4) is 0 Å². The number of carbonyl (C=O) groups excluding carboxylic acids is 3. The number of hydrogen-bond donors (Lipinski definition) is 3. The van der Waals surface area contributed by atoms with Crippen LogP contribution in [0.1, 0.15) is 35.1 Å². The molecule has 1 fully saturated rings. The Morgan fingerprint density at radius 3 is 2.81 bits per heavy atom. The van der Waals surface area contributed by atoms with E-state index in [0.29, 0.717) is 32.3 Å². The fourth-order valence-electron chi connectivity index (χ4n) is 3.63. The minimum atomic E-state index is -0.799. The number of carbonyl (C=O) groups is 3. The number of aromatic nitrogens is 2. The van der Waals surface area contributed by atoms with Gasteiger partial charge < -0.3 is 10.6 Å². The van der Waals surface area contributed by atoms with Crippen molar-refractivity contribution >= 4 is 57.4 Å². The molecule has 3 heterocycles. The summed E-state index contributed by atoms with van der Waals surface area (Å²) in [6.45, 7) is 3.63. The molecule has 32 heavy (non-hydrogen) atoms. The first-order chi connectivity index (χ1) is 15.2. The molecule has 4 rings (SSSR count). The summed E-state index contributed by atoms with van der Waals surface area (Å²) in [6.07, 6.45) is 0.388. The van der Waals surface area contributed by atoms with Gasteiger partial charge in [-0.15, -0.1) is 11.3 Å². The van der Waals surface area contributed by atoms with Gasteiger partial charge in [-0.25, -0.2) is 9.78 Å². The minimum absolute atomic E-state index is 0.106. The molecule has 11 heteroatoms. The summed E-state index contributed by atoms with van der Waals surface area (Å²) in [7, 11) is 0. The van der Waals surface area contributed by atoms with E-state index < -0.39 is 18.0 Å². The van der Waals surface area contributed by atoms with Gasteiger partial charge in [0, 0.05) is 27.4 Å². The molecule has 0 spiro atoms. The summed E-state index contributed by atoms with van der Waals surface area (Å²) >= 11 is 7.39. The van der Waals surface area contributed by atoms with E-state index in [-0.39, 0.29) is 30.9 Å². The van der Waals surface area contributed by atoms with Crippen molar-refractivity contribution in [2.45, 2.75) is 39.3 Å². The van der Waals surface area contributed by atoms with Crippen LogP contribution >= 0.6 is 22.9 Å². The van der Waals surface area contributed by atoms with Crippen molar-refractivity contribution in [1.29, 1.82) is 0 Å². The third-order valence-electron chi connectivity index (χ3n) is 5.27. The molecule has 1 saturated heterocycles. The first-order valence-electron chi connectivity index (χ1n) is 9.88. The second-order valence-electron chi connectivity index (χ2n) is 7.49. The second kappa shape index (κ2) is 8.71. The van der Waals surface area contributed by atoms with Crippen LogP contribution in [0.3, 0.4) is 0 Å². The number of hydrogen-bond acceptors (Lipinski definition) is 6. The highest BCUT2D eigenvalue weighted by Gasteiger charge is 2.31. The summed E-state index contributed by atoms with van der Waals surface area (Å²) in [4.78, 5) is 54.5. The van der Waals surface area contributed by atoms with E-state index in [1.54, 1.807) is 30.5 Å². The van der Waals surface area contributed by atoms with Gasteiger partial charge in [0.1, 0.15) is 11.9 Å². The molecule has 0 aliphatic carbocycles. The van der Waals surface area contributed by atoms with Gasteiger partial charge >= 0.3 is 6.03 Å². The average Bonchev–Trinajstić information content (AvgIpc) is 3.13. The van der Waals surface area contributed by atoms with Crippen molar-refractivity contribution in [3.63, 3.8) is 0 Å². The van der Waals surface area contributed by atoms with E-state index in [0.717, 1.165) is 5.56 Å². The summed E-state index contributed by atoms with van der Waals surface area (Å²) < 4.78 is 1.33. The lowest BCUT2D eigenvalue weighted by atomic mass is 10.1. The van der Waals surface area contributed by atoms with Crippen LogP contribution in [-0.4, -0.2) is 27.4 Å². The summed E-state index contributed by atoms with van der Waals surface area (Å²) in [6, 6.07) is 3.95. The largest absolute Gasteiger partial charge is 0.333 e. The highest BCUT2D eigenvalue weighted by Crippen LogP contribution is 2.25. The molecule has 2 aromatic heterocycles. The number of halogens is 1. The molecule has 0 radical (unpaired) electrons. The summed E-state index contributed by atoms with van der Waals surface area (Å²) in [5, 5.41) is 10.3. The molecule has 3 aromatic rings. The van der Waals surface area contributed by atoms with Crippen LogP contribution in [0.2, 0.25) is 5.02 Å². The highest BCUT2D eigenvalue weighted by molar-refractivity contribution is 7.11. The highest BCUT2D eigenvalue weighted by atomic mass is 35.5. The van der Waals surface area contributed by atoms with E-state index in [1.807, 2.05) is 6.92 Å². The number of imide groups is 1. The van der Waals surface area contributed by atoms with Gasteiger partial charge in [0.2, 0.25) is 11.8 Å². The number of nitrogens with one attached hydrogen (secondary N) is 3. The molecule has 3 N–H and O–H groups in total. The smallest absolute Gasteiger partial charge is 0.319 e. The van der Waals surface area contributed by atoms with Gasteiger partial charge in [0.05, 0.1) is 17.4 Å². The Balaban J connectivity index is 1.56. The van der Waals surface area contributed by atoms with Gasteiger partial charge in [-0.05, 0) is 38.0 Å². The Morgan fingerprint density at radius 2 is 2.09 bits per heavy atom. The number of anilines is 1. The fourth-order valence-corrected chi connectivity index (χ4v) is 4.70. The van der Waals surface area contributed by atoms with E-state index in [4.69, 9.17) is 11.6 Å². The number of urea groups is 1. The van der Waals surface area contributed by atoms with Crippen LogP contribution in [0.4, 0.5) is 10.5 Å². The number of piperidine rings is 1. The second-order valence-corrected chi connectivity index (χ2v) is 8.86. The first kappa shape index (κ1) is 22.0. The van der Waals surface area contributed by atoms with Crippen LogP contribution < -0.4 is 21.5 Å². The van der Waals surface area contributed by atoms with Crippen LogP contribution in [0.15, 0.2) is 28.4 Å². The predicted octanol–water partition coefficient (Wildman–Crippen LogP) is 3.03. The Labute approximate surface area is 191 Å². The molecule has 1 atom stereocenters. The topological polar surface area (TPSA) is 122 Å². The molecule has 4 amide bonds. The lowest BCUT2D eigenvalue weighted by Crippen LogP contribution is -2.45. The van der Waals surface area contributed by atoms with E-state index in [1.165, 1.54) is 15.9 Å². The zero-order valence-electron chi connectivity index (χ0n) is 17.3. The standard InChI is InChI=1S/C21H20ClN5O4S/c1-10-3-4-12(7-13(10)22)25-21(31)23-8-16-18-14(9-32-16)24-11(2)27(20(18)30)15-5-6-17(28)26-19(15)29/h3-4,7,9,15H,5-6,8H2,1-2H3,(H2,23,25,31)(H,26,28,29). The van der Waals surface area contributed by atoms with E-state index >= 15 is 0 Å². The number of aryl methyl sites for hydroxylation is 2. The molecule has 0 bridgehead atoms. The molecule has 0 saturated carbocycles. The monoisotopic (exact) mass is 473 g/mol. The van der Waals surface area contributed by atoms with Crippen LogP contribution in [-0.2, 0) is 16.1 Å². The maximum absolute atomic E-state index is 13.3. The van der Waals surface area contributed by atoms with Crippen LogP contribution in [0.25, 0.3) is 10.9 Å². The number of rotatable bonds is 4. The van der Waals surface area contributed by atoms with Crippen molar-refractivity contribution in [3.05, 3.63) is 55.2 Å². The van der Waals surface area contributed by atoms with Gasteiger partial charge in [-0.2, -0.15) is 0 Å². The Morgan fingerprint density at radius 1 is 1.31 bits per heavy atom. The molecule has 1 aliphatic rings. The number of thiophene rings is 1. The molecule has 1 aromatic carbocycles. The van der Waals surface area contributed by atoms with Crippen molar-refractivity contribution in [1.82, 2.24) is 20.2 Å². The van der Waals surface area contributed by atoms with Crippen molar-refractivity contribution in [2.24, 2.45) is 0 Å². The predicted molar refractivity (Wildman–Crippen MR) is 122 cm³/mol. The Kier molecular flexibility index (Phi) is 5.98. The summed E-state index contributed by atoms with van der Waals surface area (Å²) in [5.41, 5.74) is 1.58. The number of nitrogens with zero attached hydrogens (tertiary/aromatic N) is 2. The van der Waals surface area contributed by atoms with Gasteiger partial charge in [0.15, 0.2) is 0 Å². The van der Waals surface area contributed by atoms with Gasteiger partial charge in [-0.3, -0.25) is 24.3 Å².